The molecule has 0 bridgehead atoms. The first-order valence-corrected chi connectivity index (χ1v) is 5.29. The lowest BCUT2D eigenvalue weighted by Gasteiger charge is -2.05. The Hall–Kier alpha value is -1.62. The van der Waals surface area contributed by atoms with Crippen LogP contribution in [0.5, 0.6) is 0 Å². The molecule has 0 heterocycles. The van der Waals surface area contributed by atoms with Gasteiger partial charge in [0.1, 0.15) is 5.82 Å². The lowest BCUT2D eigenvalue weighted by molar-refractivity contribution is -0.136. The number of nitrogens with one attached hydrogen (secondary N) is 1. The second-order valence-corrected chi connectivity index (χ2v) is 3.84. The van der Waals surface area contributed by atoms with Gasteiger partial charge in [-0.05, 0) is 23.8 Å². The molecule has 0 saturated carbocycles. The molecule has 4 nitrogen and oxygen atoms in total. The van der Waals surface area contributed by atoms with Gasteiger partial charge < -0.3 is 10.4 Å². The van der Waals surface area contributed by atoms with Crippen LogP contribution in [0.15, 0.2) is 18.2 Å². The third kappa shape index (κ3) is 4.82. The quantitative estimate of drug-likeness (QED) is 0.844. The third-order valence-electron chi connectivity index (χ3n) is 2.02. The molecule has 0 unspecified atom stereocenters. The maximum Gasteiger partial charge on any atom is 0.305 e. The Kier molecular flexibility index (Phi) is 4.90. The van der Waals surface area contributed by atoms with Crippen molar-refractivity contribution in [3.63, 3.8) is 0 Å². The summed E-state index contributed by atoms with van der Waals surface area (Å²) >= 11 is 5.67. The normalized spacial score (nSPS) is 10.0. The lowest BCUT2D eigenvalue weighted by atomic mass is 10.1. The van der Waals surface area contributed by atoms with Gasteiger partial charge in [0.15, 0.2) is 0 Å². The second-order valence-electron chi connectivity index (χ2n) is 3.41. The average Bonchev–Trinajstić information content (AvgIpc) is 2.23. The van der Waals surface area contributed by atoms with Gasteiger partial charge in [-0.1, -0.05) is 11.6 Å². The van der Waals surface area contributed by atoms with E-state index >= 15 is 0 Å². The molecule has 0 aliphatic carbocycles. The number of benzene rings is 1. The zero-order chi connectivity index (χ0) is 12.8. The third-order valence-corrected chi connectivity index (χ3v) is 2.25. The smallest absolute Gasteiger partial charge is 0.305 e. The highest BCUT2D eigenvalue weighted by Gasteiger charge is 2.09. The van der Waals surface area contributed by atoms with Crippen LogP contribution in [0.4, 0.5) is 4.39 Å². The van der Waals surface area contributed by atoms with Gasteiger partial charge in [0.2, 0.25) is 5.91 Å². The number of rotatable bonds is 5. The molecule has 17 heavy (non-hydrogen) atoms. The number of hydrogen-bond acceptors (Lipinski definition) is 2. The standard InChI is InChI=1S/C11H11ClFNO3/c12-8-1-2-9(13)7(5-8)6-10(15)14-4-3-11(16)17/h1-2,5H,3-4,6H2,(H,14,15)(H,16,17). The molecule has 0 fully saturated rings. The summed E-state index contributed by atoms with van der Waals surface area (Å²) in [7, 11) is 0. The zero-order valence-electron chi connectivity index (χ0n) is 8.87. The van der Waals surface area contributed by atoms with Gasteiger partial charge in [-0.3, -0.25) is 9.59 Å². The van der Waals surface area contributed by atoms with E-state index in [1.165, 1.54) is 18.2 Å². The Morgan fingerprint density at radius 3 is 2.76 bits per heavy atom. The summed E-state index contributed by atoms with van der Waals surface area (Å²) in [5, 5.41) is 11.1. The van der Waals surface area contributed by atoms with Crippen molar-refractivity contribution in [1.82, 2.24) is 5.32 Å². The molecule has 0 spiro atoms. The number of carboxylic acids is 1. The fourth-order valence-corrected chi connectivity index (χ4v) is 1.42. The lowest BCUT2D eigenvalue weighted by Crippen LogP contribution is -2.27. The molecule has 1 amide bonds. The Morgan fingerprint density at radius 1 is 1.41 bits per heavy atom. The zero-order valence-corrected chi connectivity index (χ0v) is 9.63. The highest BCUT2D eigenvalue weighted by molar-refractivity contribution is 6.30. The Bertz CT molecular complexity index is 437. The molecule has 1 aromatic rings. The first-order valence-electron chi connectivity index (χ1n) is 4.91. The van der Waals surface area contributed by atoms with Crippen LogP contribution in [0.3, 0.4) is 0 Å². The molecule has 0 radical (unpaired) electrons. The largest absolute Gasteiger partial charge is 0.481 e. The van der Waals surface area contributed by atoms with Crippen LogP contribution in [0.25, 0.3) is 0 Å². The number of halogens is 2. The van der Waals surface area contributed by atoms with Gasteiger partial charge in [0.25, 0.3) is 0 Å². The summed E-state index contributed by atoms with van der Waals surface area (Å²) < 4.78 is 13.2. The molecule has 6 heteroatoms. The second kappa shape index (κ2) is 6.20. The van der Waals surface area contributed by atoms with E-state index in [-0.39, 0.29) is 24.9 Å². The van der Waals surface area contributed by atoms with Crippen molar-refractivity contribution in [3.8, 4) is 0 Å². The van der Waals surface area contributed by atoms with Gasteiger partial charge in [-0.2, -0.15) is 0 Å². The predicted octanol–water partition coefficient (Wildman–Crippen LogP) is 1.61. The van der Waals surface area contributed by atoms with E-state index in [1.54, 1.807) is 0 Å². The van der Waals surface area contributed by atoms with Crippen molar-refractivity contribution >= 4 is 23.5 Å². The molecule has 2 N–H and O–H groups in total. The predicted molar refractivity (Wildman–Crippen MR) is 60.4 cm³/mol. The Balaban J connectivity index is 2.50. The van der Waals surface area contributed by atoms with Crippen LogP contribution in [0, 0.1) is 5.82 Å². The minimum atomic E-state index is -1.00. The van der Waals surface area contributed by atoms with Gasteiger partial charge in [-0.25, -0.2) is 4.39 Å². The number of carboxylic acid groups (broad SMARTS) is 1. The maximum atomic E-state index is 13.2. The summed E-state index contributed by atoms with van der Waals surface area (Å²) in [6.45, 7) is 0.0242. The van der Waals surface area contributed by atoms with Crippen LogP contribution < -0.4 is 5.32 Å². The van der Waals surface area contributed by atoms with Crippen LogP contribution in [0.2, 0.25) is 5.02 Å². The molecule has 92 valence electrons. The molecular formula is C11H11ClFNO3. The van der Waals surface area contributed by atoms with Crippen molar-refractivity contribution in [1.29, 1.82) is 0 Å². The van der Waals surface area contributed by atoms with E-state index in [0.29, 0.717) is 5.02 Å². The minimum Gasteiger partial charge on any atom is -0.481 e. The van der Waals surface area contributed by atoms with E-state index in [9.17, 15) is 14.0 Å². The van der Waals surface area contributed by atoms with Crippen LogP contribution in [0.1, 0.15) is 12.0 Å². The molecule has 1 rings (SSSR count). The summed E-state index contributed by atoms with van der Waals surface area (Å²) in [4.78, 5) is 21.6. The molecule has 0 aromatic heterocycles. The fourth-order valence-electron chi connectivity index (χ4n) is 1.22. The number of hydrogen-bond donors (Lipinski definition) is 2. The summed E-state index contributed by atoms with van der Waals surface area (Å²) in [6.07, 6.45) is -0.324. The van der Waals surface area contributed by atoms with Crippen LogP contribution >= 0.6 is 11.6 Å². The molecule has 0 aliphatic heterocycles. The minimum absolute atomic E-state index is 0.0242. The molecular weight excluding hydrogens is 249 g/mol. The summed E-state index contributed by atoms with van der Waals surface area (Å²) in [5.41, 5.74) is 0.185. The average molecular weight is 260 g/mol. The maximum absolute atomic E-state index is 13.2. The molecule has 0 aliphatic rings. The molecule has 0 saturated heterocycles. The Morgan fingerprint density at radius 2 is 2.12 bits per heavy atom. The van der Waals surface area contributed by atoms with E-state index in [1.807, 2.05) is 0 Å². The van der Waals surface area contributed by atoms with E-state index in [4.69, 9.17) is 16.7 Å². The van der Waals surface area contributed by atoms with Crippen molar-refractivity contribution in [2.24, 2.45) is 0 Å². The number of carbonyl (C=O) groups is 2. The topological polar surface area (TPSA) is 66.4 Å². The molecule has 0 atom stereocenters. The van der Waals surface area contributed by atoms with Gasteiger partial charge in [0, 0.05) is 11.6 Å². The van der Waals surface area contributed by atoms with Gasteiger partial charge in [-0.15, -0.1) is 0 Å². The van der Waals surface area contributed by atoms with Crippen molar-refractivity contribution in [3.05, 3.63) is 34.6 Å². The van der Waals surface area contributed by atoms with Crippen molar-refractivity contribution < 1.29 is 19.1 Å². The number of aliphatic carboxylic acids is 1. The number of amides is 1. The number of carbonyl (C=O) groups excluding carboxylic acids is 1. The summed E-state index contributed by atoms with van der Waals surface area (Å²) in [5.74, 6) is -1.95. The summed E-state index contributed by atoms with van der Waals surface area (Å²) in [6, 6.07) is 3.94. The van der Waals surface area contributed by atoms with E-state index < -0.39 is 17.7 Å². The van der Waals surface area contributed by atoms with E-state index in [2.05, 4.69) is 5.32 Å². The van der Waals surface area contributed by atoms with E-state index in [0.717, 1.165) is 0 Å². The fraction of sp³-hybridized carbons (Fsp3) is 0.273. The van der Waals surface area contributed by atoms with Gasteiger partial charge >= 0.3 is 5.97 Å². The monoisotopic (exact) mass is 259 g/mol. The van der Waals surface area contributed by atoms with Crippen LogP contribution in [-0.2, 0) is 16.0 Å². The first-order chi connectivity index (χ1) is 7.99. The highest BCUT2D eigenvalue weighted by atomic mass is 35.5. The highest BCUT2D eigenvalue weighted by Crippen LogP contribution is 2.15. The van der Waals surface area contributed by atoms with Crippen LogP contribution in [-0.4, -0.2) is 23.5 Å². The Labute approximate surface area is 102 Å². The molecule has 1 aromatic carbocycles. The van der Waals surface area contributed by atoms with Crippen molar-refractivity contribution in [2.75, 3.05) is 6.54 Å². The first kappa shape index (κ1) is 13.4. The van der Waals surface area contributed by atoms with Crippen molar-refractivity contribution in [2.45, 2.75) is 12.8 Å². The van der Waals surface area contributed by atoms with Gasteiger partial charge in [0.05, 0.1) is 12.8 Å². The SMILES string of the molecule is O=C(O)CCNC(=O)Cc1cc(Cl)ccc1F.